The van der Waals surface area contributed by atoms with E-state index in [2.05, 4.69) is 5.32 Å². The zero-order valence-electron chi connectivity index (χ0n) is 15.0. The topological polar surface area (TPSA) is 66.5 Å². The second-order valence-corrected chi connectivity index (χ2v) is 7.88. The van der Waals surface area contributed by atoms with Crippen molar-refractivity contribution in [3.63, 3.8) is 0 Å². The molecule has 1 amide bonds. The van der Waals surface area contributed by atoms with E-state index in [1.807, 2.05) is 32.0 Å². The normalized spacial score (nSPS) is 12.5. The highest BCUT2D eigenvalue weighted by atomic mass is 32.2. The predicted octanol–water partition coefficient (Wildman–Crippen LogP) is 3.35. The Balaban J connectivity index is 2.35. The highest BCUT2D eigenvalue weighted by Gasteiger charge is 2.29. The number of amides is 1. The van der Waals surface area contributed by atoms with Crippen LogP contribution >= 0.6 is 0 Å². The molecule has 0 aromatic heterocycles. The summed E-state index contributed by atoms with van der Waals surface area (Å²) < 4.78 is 25.7. The number of anilines is 2. The van der Waals surface area contributed by atoms with Gasteiger partial charge < -0.3 is 5.32 Å². The maximum Gasteiger partial charge on any atom is 0.248 e. The molecule has 0 aliphatic heterocycles. The first-order valence-corrected chi connectivity index (χ1v) is 10.0. The van der Waals surface area contributed by atoms with Crippen LogP contribution in [0.15, 0.2) is 48.5 Å². The predicted molar refractivity (Wildman–Crippen MR) is 102 cm³/mol. The van der Waals surface area contributed by atoms with Gasteiger partial charge in [0, 0.05) is 5.69 Å². The molecule has 0 radical (unpaired) electrons. The van der Waals surface area contributed by atoms with E-state index in [1.54, 1.807) is 37.3 Å². The monoisotopic (exact) mass is 360 g/mol. The average Bonchev–Trinajstić information content (AvgIpc) is 2.56. The fraction of sp³-hybridized carbons (Fsp3) is 0.316. The number of hydrogen-bond donors (Lipinski definition) is 1. The minimum atomic E-state index is -3.61. The summed E-state index contributed by atoms with van der Waals surface area (Å²) in [6, 6.07) is 13.6. The number of aryl methyl sites for hydroxylation is 2. The molecule has 5 nitrogen and oxygen atoms in total. The lowest BCUT2D eigenvalue weighted by molar-refractivity contribution is -0.116. The number of para-hydroxylation sites is 2. The molecular formula is C19H24N2O3S. The van der Waals surface area contributed by atoms with Crippen molar-refractivity contribution in [2.45, 2.75) is 33.2 Å². The third kappa shape index (κ3) is 4.39. The standard InChI is InChI=1S/C19H24N2O3S/c1-5-16-11-9-10-14(2)18(16)20-19(22)15(3)21(25(4,23)24)17-12-7-6-8-13-17/h6-13,15H,5H2,1-4H3,(H,20,22). The van der Waals surface area contributed by atoms with Gasteiger partial charge in [-0.1, -0.05) is 43.3 Å². The summed E-state index contributed by atoms with van der Waals surface area (Å²) >= 11 is 0. The molecule has 2 rings (SSSR count). The van der Waals surface area contributed by atoms with Crippen LogP contribution in [0, 0.1) is 6.92 Å². The van der Waals surface area contributed by atoms with Gasteiger partial charge in [0.2, 0.25) is 15.9 Å². The maximum atomic E-state index is 12.8. The molecule has 0 spiro atoms. The molecule has 2 aromatic rings. The van der Waals surface area contributed by atoms with E-state index in [9.17, 15) is 13.2 Å². The maximum absolute atomic E-state index is 12.8. The van der Waals surface area contributed by atoms with Gasteiger partial charge in [0.15, 0.2) is 0 Å². The van der Waals surface area contributed by atoms with Gasteiger partial charge in [0.05, 0.1) is 11.9 Å². The van der Waals surface area contributed by atoms with Crippen LogP contribution in [0.25, 0.3) is 0 Å². The molecule has 0 aliphatic rings. The third-order valence-corrected chi connectivity index (χ3v) is 5.33. The van der Waals surface area contributed by atoms with Crippen molar-refractivity contribution in [1.29, 1.82) is 0 Å². The average molecular weight is 360 g/mol. The molecule has 1 unspecified atom stereocenters. The second kappa shape index (κ2) is 7.70. The van der Waals surface area contributed by atoms with Crippen molar-refractivity contribution in [2.75, 3.05) is 15.9 Å². The molecule has 25 heavy (non-hydrogen) atoms. The first kappa shape index (κ1) is 19.0. The van der Waals surface area contributed by atoms with Crippen molar-refractivity contribution < 1.29 is 13.2 Å². The van der Waals surface area contributed by atoms with Crippen LogP contribution in [0.2, 0.25) is 0 Å². The summed E-state index contributed by atoms with van der Waals surface area (Å²) in [6.45, 7) is 5.53. The third-order valence-electron chi connectivity index (χ3n) is 4.09. The van der Waals surface area contributed by atoms with Crippen molar-refractivity contribution >= 4 is 27.3 Å². The second-order valence-electron chi connectivity index (χ2n) is 6.02. The highest BCUT2D eigenvalue weighted by molar-refractivity contribution is 7.92. The minimum Gasteiger partial charge on any atom is -0.324 e. The quantitative estimate of drug-likeness (QED) is 0.859. The zero-order chi connectivity index (χ0) is 18.6. The smallest absolute Gasteiger partial charge is 0.248 e. The largest absolute Gasteiger partial charge is 0.324 e. The first-order valence-electron chi connectivity index (χ1n) is 8.19. The van der Waals surface area contributed by atoms with E-state index in [0.717, 1.165) is 33.8 Å². The molecule has 0 bridgehead atoms. The summed E-state index contributed by atoms with van der Waals surface area (Å²) in [5, 5.41) is 2.91. The minimum absolute atomic E-state index is 0.363. The lowest BCUT2D eigenvalue weighted by Gasteiger charge is -2.28. The Morgan fingerprint density at radius 3 is 2.32 bits per heavy atom. The number of rotatable bonds is 6. The van der Waals surface area contributed by atoms with Gasteiger partial charge in [0.1, 0.15) is 6.04 Å². The van der Waals surface area contributed by atoms with Crippen LogP contribution in [0.3, 0.4) is 0 Å². The van der Waals surface area contributed by atoms with Crippen LogP contribution < -0.4 is 9.62 Å². The summed E-state index contributed by atoms with van der Waals surface area (Å²) in [5.41, 5.74) is 3.19. The van der Waals surface area contributed by atoms with E-state index >= 15 is 0 Å². The molecule has 0 aliphatic carbocycles. The molecule has 134 valence electrons. The van der Waals surface area contributed by atoms with Crippen LogP contribution in [0.1, 0.15) is 25.0 Å². The van der Waals surface area contributed by atoms with Crippen LogP contribution in [0.5, 0.6) is 0 Å². The molecule has 0 heterocycles. The molecular weight excluding hydrogens is 336 g/mol. The summed E-state index contributed by atoms with van der Waals surface area (Å²) in [7, 11) is -3.61. The first-order chi connectivity index (χ1) is 11.8. The molecule has 1 atom stereocenters. The van der Waals surface area contributed by atoms with Gasteiger partial charge in [-0.2, -0.15) is 0 Å². The molecule has 2 aromatic carbocycles. The Morgan fingerprint density at radius 2 is 1.76 bits per heavy atom. The Labute approximate surface area is 149 Å². The number of benzene rings is 2. The van der Waals surface area contributed by atoms with Gasteiger partial charge in [0.25, 0.3) is 0 Å². The van der Waals surface area contributed by atoms with Gasteiger partial charge in [-0.05, 0) is 43.5 Å². The Kier molecular flexibility index (Phi) is 5.85. The SMILES string of the molecule is CCc1cccc(C)c1NC(=O)C(C)N(c1ccccc1)S(C)(=O)=O. The van der Waals surface area contributed by atoms with Gasteiger partial charge in [-0.3, -0.25) is 9.10 Å². The number of nitrogens with zero attached hydrogens (tertiary/aromatic N) is 1. The molecule has 1 N–H and O–H groups in total. The fourth-order valence-corrected chi connectivity index (χ4v) is 3.99. The Bertz CT molecular complexity index is 848. The van der Waals surface area contributed by atoms with Crippen LogP contribution in [0.4, 0.5) is 11.4 Å². The van der Waals surface area contributed by atoms with E-state index in [-0.39, 0.29) is 5.91 Å². The number of hydrogen-bond acceptors (Lipinski definition) is 3. The van der Waals surface area contributed by atoms with Crippen molar-refractivity contribution in [3.8, 4) is 0 Å². The zero-order valence-corrected chi connectivity index (χ0v) is 15.8. The fourth-order valence-electron chi connectivity index (χ4n) is 2.81. The van der Waals surface area contributed by atoms with E-state index in [0.29, 0.717) is 5.69 Å². The van der Waals surface area contributed by atoms with Crippen LogP contribution in [-0.2, 0) is 21.2 Å². The van der Waals surface area contributed by atoms with E-state index in [4.69, 9.17) is 0 Å². The number of sulfonamides is 1. The lowest BCUT2D eigenvalue weighted by Crippen LogP contribution is -2.45. The Morgan fingerprint density at radius 1 is 1.12 bits per heavy atom. The summed E-state index contributed by atoms with van der Waals surface area (Å²) in [4.78, 5) is 12.8. The van der Waals surface area contributed by atoms with Crippen molar-refractivity contribution in [3.05, 3.63) is 59.7 Å². The van der Waals surface area contributed by atoms with Crippen molar-refractivity contribution in [2.24, 2.45) is 0 Å². The Hall–Kier alpha value is -2.34. The molecule has 0 fully saturated rings. The lowest BCUT2D eigenvalue weighted by atomic mass is 10.1. The highest BCUT2D eigenvalue weighted by Crippen LogP contribution is 2.24. The van der Waals surface area contributed by atoms with Crippen LogP contribution in [-0.4, -0.2) is 26.6 Å². The molecule has 6 heteroatoms. The van der Waals surface area contributed by atoms with Gasteiger partial charge in [-0.15, -0.1) is 0 Å². The number of carbonyl (C=O) groups excluding carboxylic acids is 1. The van der Waals surface area contributed by atoms with E-state index in [1.165, 1.54) is 0 Å². The molecule has 0 saturated heterocycles. The van der Waals surface area contributed by atoms with Gasteiger partial charge >= 0.3 is 0 Å². The van der Waals surface area contributed by atoms with E-state index < -0.39 is 16.1 Å². The van der Waals surface area contributed by atoms with Crippen molar-refractivity contribution in [1.82, 2.24) is 0 Å². The van der Waals surface area contributed by atoms with Gasteiger partial charge in [-0.25, -0.2) is 8.42 Å². The number of nitrogens with one attached hydrogen (secondary N) is 1. The summed E-state index contributed by atoms with van der Waals surface area (Å²) in [5.74, 6) is -0.363. The number of carbonyl (C=O) groups is 1. The summed E-state index contributed by atoms with van der Waals surface area (Å²) in [6.07, 6.45) is 1.88. The molecule has 0 saturated carbocycles.